The van der Waals surface area contributed by atoms with E-state index >= 15 is 0 Å². The number of carboxylic acids is 1. The van der Waals surface area contributed by atoms with Crippen LogP contribution in [0.5, 0.6) is 0 Å². The molecule has 0 amide bonds. The number of carboxylic acid groups (broad SMARTS) is 1. The molecule has 3 heterocycles. The highest BCUT2D eigenvalue weighted by Gasteiger charge is 2.14. The van der Waals surface area contributed by atoms with Crippen LogP contribution in [0, 0.1) is 26.6 Å². The molecule has 3 aromatic heterocycles. The SMILES string of the molecule is Cc1[nH]c(-c2cc(NCCc3c(C)sc4c(C)cc(F)cc34)ncn2)cc1C(=O)O. The van der Waals surface area contributed by atoms with Crippen LogP contribution in [-0.4, -0.2) is 32.6 Å². The summed E-state index contributed by atoms with van der Waals surface area (Å²) < 4.78 is 15.0. The fourth-order valence-corrected chi connectivity index (χ4v) is 4.79. The lowest BCUT2D eigenvalue weighted by Gasteiger charge is -2.07. The first kappa shape index (κ1) is 20.0. The first-order chi connectivity index (χ1) is 14.3. The molecule has 154 valence electrons. The number of nitrogens with zero attached hydrogens (tertiary/aromatic N) is 2. The Morgan fingerprint density at radius 1 is 1.20 bits per heavy atom. The normalized spacial score (nSPS) is 11.2. The highest BCUT2D eigenvalue weighted by atomic mass is 32.1. The molecule has 0 aliphatic carbocycles. The predicted octanol–water partition coefficient (Wildman–Crippen LogP) is 5.10. The lowest BCUT2D eigenvalue weighted by atomic mass is 10.1. The maximum absolute atomic E-state index is 13.9. The van der Waals surface area contributed by atoms with Gasteiger partial charge in [-0.15, -0.1) is 11.3 Å². The number of fused-ring (bicyclic) bond motifs is 1. The first-order valence-corrected chi connectivity index (χ1v) is 10.3. The Bertz CT molecular complexity index is 1260. The highest BCUT2D eigenvalue weighted by molar-refractivity contribution is 7.19. The Morgan fingerprint density at radius 3 is 2.73 bits per heavy atom. The number of hydrogen-bond acceptors (Lipinski definition) is 5. The summed E-state index contributed by atoms with van der Waals surface area (Å²) in [5, 5.41) is 13.5. The number of aromatic nitrogens is 3. The monoisotopic (exact) mass is 424 g/mol. The van der Waals surface area contributed by atoms with E-state index in [2.05, 4.69) is 27.2 Å². The van der Waals surface area contributed by atoms with E-state index in [0.717, 1.165) is 27.6 Å². The lowest BCUT2D eigenvalue weighted by Crippen LogP contribution is -2.07. The number of anilines is 1. The Labute approximate surface area is 176 Å². The number of halogens is 1. The van der Waals surface area contributed by atoms with Crippen molar-refractivity contribution in [1.82, 2.24) is 15.0 Å². The van der Waals surface area contributed by atoms with Crippen molar-refractivity contribution in [1.29, 1.82) is 0 Å². The molecule has 4 rings (SSSR count). The molecule has 0 saturated carbocycles. The number of carbonyl (C=O) groups is 1. The van der Waals surface area contributed by atoms with E-state index in [1.807, 2.05) is 6.92 Å². The number of benzene rings is 1. The van der Waals surface area contributed by atoms with Crippen LogP contribution in [-0.2, 0) is 6.42 Å². The predicted molar refractivity (Wildman–Crippen MR) is 117 cm³/mol. The van der Waals surface area contributed by atoms with Crippen LogP contribution < -0.4 is 5.32 Å². The van der Waals surface area contributed by atoms with Gasteiger partial charge in [-0.25, -0.2) is 19.2 Å². The summed E-state index contributed by atoms with van der Waals surface area (Å²) in [6.45, 7) is 6.34. The molecule has 0 spiro atoms. The lowest BCUT2D eigenvalue weighted by molar-refractivity contribution is 0.0696. The number of aromatic carboxylic acids is 1. The maximum atomic E-state index is 13.9. The van der Waals surface area contributed by atoms with Crippen LogP contribution in [0.1, 0.15) is 32.1 Å². The van der Waals surface area contributed by atoms with Gasteiger partial charge in [-0.3, -0.25) is 0 Å². The number of H-pyrrole nitrogens is 1. The van der Waals surface area contributed by atoms with Crippen molar-refractivity contribution in [2.75, 3.05) is 11.9 Å². The quantitative estimate of drug-likeness (QED) is 0.400. The molecule has 4 aromatic rings. The van der Waals surface area contributed by atoms with Gasteiger partial charge in [0.1, 0.15) is 18.0 Å². The minimum atomic E-state index is -0.979. The molecule has 6 nitrogen and oxygen atoms in total. The maximum Gasteiger partial charge on any atom is 0.337 e. The number of thiophene rings is 1. The van der Waals surface area contributed by atoms with Crippen LogP contribution in [0.15, 0.2) is 30.6 Å². The summed E-state index contributed by atoms with van der Waals surface area (Å²) in [6.07, 6.45) is 2.18. The minimum Gasteiger partial charge on any atom is -0.478 e. The molecule has 0 aliphatic rings. The number of nitrogens with one attached hydrogen (secondary N) is 2. The van der Waals surface area contributed by atoms with E-state index in [9.17, 15) is 14.3 Å². The smallest absolute Gasteiger partial charge is 0.337 e. The molecule has 0 atom stereocenters. The molecule has 0 unspecified atom stereocenters. The second-order valence-electron chi connectivity index (χ2n) is 7.23. The fourth-order valence-electron chi connectivity index (χ4n) is 3.64. The third kappa shape index (κ3) is 3.78. The number of aromatic amines is 1. The molecule has 3 N–H and O–H groups in total. The van der Waals surface area contributed by atoms with Crippen molar-refractivity contribution in [3.63, 3.8) is 0 Å². The number of hydrogen-bond donors (Lipinski definition) is 3. The molecule has 0 bridgehead atoms. The molecule has 30 heavy (non-hydrogen) atoms. The molecular formula is C22H21FN4O2S. The Kier molecular flexibility index (Phi) is 5.26. The second kappa shape index (κ2) is 7.87. The molecule has 0 saturated heterocycles. The second-order valence-corrected chi connectivity index (χ2v) is 8.45. The van der Waals surface area contributed by atoms with Crippen LogP contribution >= 0.6 is 11.3 Å². The summed E-state index contributed by atoms with van der Waals surface area (Å²) in [7, 11) is 0. The summed E-state index contributed by atoms with van der Waals surface area (Å²) >= 11 is 1.69. The third-order valence-electron chi connectivity index (χ3n) is 5.11. The standard InChI is InChI=1S/C22H21FN4O2S/c1-11-6-14(23)7-17-15(13(3)30-21(11)17)4-5-24-20-9-18(25-10-26-20)19-8-16(22(28)29)12(2)27-19/h6-10,27H,4-5H2,1-3H3,(H,28,29)(H,24,25,26). The van der Waals surface area contributed by atoms with Crippen molar-refractivity contribution in [2.45, 2.75) is 27.2 Å². The van der Waals surface area contributed by atoms with Gasteiger partial charge < -0.3 is 15.4 Å². The third-order valence-corrected chi connectivity index (χ3v) is 6.41. The van der Waals surface area contributed by atoms with Gasteiger partial charge in [-0.05, 0) is 61.9 Å². The van der Waals surface area contributed by atoms with Crippen molar-refractivity contribution < 1.29 is 14.3 Å². The molecule has 1 aromatic carbocycles. The van der Waals surface area contributed by atoms with Gasteiger partial charge in [0.05, 0.1) is 17.0 Å². The van der Waals surface area contributed by atoms with Gasteiger partial charge in [0.25, 0.3) is 0 Å². The van der Waals surface area contributed by atoms with Crippen LogP contribution in [0.4, 0.5) is 10.2 Å². The van der Waals surface area contributed by atoms with E-state index in [1.54, 1.807) is 42.5 Å². The first-order valence-electron chi connectivity index (χ1n) is 9.51. The van der Waals surface area contributed by atoms with E-state index < -0.39 is 5.97 Å². The number of rotatable bonds is 6. The summed E-state index contributed by atoms with van der Waals surface area (Å²) in [4.78, 5) is 24.0. The Balaban J connectivity index is 1.51. The Morgan fingerprint density at radius 2 is 2.00 bits per heavy atom. The Hall–Kier alpha value is -3.26. The van der Waals surface area contributed by atoms with Gasteiger partial charge in [0, 0.05) is 27.9 Å². The molecule has 8 heteroatoms. The average molecular weight is 425 g/mol. The zero-order valence-corrected chi connectivity index (χ0v) is 17.7. The topological polar surface area (TPSA) is 90.9 Å². The molecule has 0 fully saturated rings. The van der Waals surface area contributed by atoms with Crippen molar-refractivity contribution >= 4 is 33.2 Å². The summed E-state index contributed by atoms with van der Waals surface area (Å²) in [5.74, 6) is -0.550. The fraction of sp³-hybridized carbons (Fsp3) is 0.227. The van der Waals surface area contributed by atoms with Gasteiger partial charge in [-0.2, -0.15) is 0 Å². The molecule has 0 aliphatic heterocycles. The molecular weight excluding hydrogens is 403 g/mol. The van der Waals surface area contributed by atoms with Crippen molar-refractivity contribution in [3.8, 4) is 11.4 Å². The zero-order chi connectivity index (χ0) is 21.4. The minimum absolute atomic E-state index is 0.213. The van der Waals surface area contributed by atoms with Crippen LogP contribution in [0.2, 0.25) is 0 Å². The van der Waals surface area contributed by atoms with Crippen LogP contribution in [0.3, 0.4) is 0 Å². The summed E-state index contributed by atoms with van der Waals surface area (Å²) in [6, 6.07) is 6.53. The largest absolute Gasteiger partial charge is 0.478 e. The number of aryl methyl sites for hydroxylation is 3. The van der Waals surface area contributed by atoms with Gasteiger partial charge in [0.2, 0.25) is 0 Å². The van der Waals surface area contributed by atoms with Crippen molar-refractivity contribution in [2.24, 2.45) is 0 Å². The molecule has 0 radical (unpaired) electrons. The van der Waals surface area contributed by atoms with E-state index in [1.165, 1.54) is 11.2 Å². The van der Waals surface area contributed by atoms with Crippen LogP contribution in [0.25, 0.3) is 21.5 Å². The van der Waals surface area contributed by atoms with E-state index in [4.69, 9.17) is 0 Å². The van der Waals surface area contributed by atoms with Crippen molar-refractivity contribution in [3.05, 3.63) is 63.7 Å². The zero-order valence-electron chi connectivity index (χ0n) is 16.8. The van der Waals surface area contributed by atoms with Gasteiger partial charge in [-0.1, -0.05) is 0 Å². The van der Waals surface area contributed by atoms with E-state index in [-0.39, 0.29) is 11.4 Å². The summed E-state index contributed by atoms with van der Waals surface area (Å²) in [5.41, 5.74) is 4.14. The van der Waals surface area contributed by atoms with Gasteiger partial charge >= 0.3 is 5.97 Å². The highest BCUT2D eigenvalue weighted by Crippen LogP contribution is 2.34. The van der Waals surface area contributed by atoms with E-state index in [0.29, 0.717) is 29.4 Å². The average Bonchev–Trinajstić information content (AvgIpc) is 3.23. The van der Waals surface area contributed by atoms with Gasteiger partial charge in [0.15, 0.2) is 0 Å².